The smallest absolute Gasteiger partial charge is 0.123 e. The average Bonchev–Trinajstić information content (AvgIpc) is 3.13. The topological polar surface area (TPSA) is 24.5 Å². The zero-order valence-electron chi connectivity index (χ0n) is 13.1. The fraction of sp³-hybridized carbons (Fsp3) is 0.647. The molecular weight excluding hydrogens is 248 g/mol. The van der Waals surface area contributed by atoms with Gasteiger partial charge < -0.3 is 15.0 Å². The maximum atomic E-state index is 5.95. The lowest BCUT2D eigenvalue weighted by molar-refractivity contribution is 0.229. The van der Waals surface area contributed by atoms with Crippen LogP contribution in [0, 0.1) is 11.8 Å². The van der Waals surface area contributed by atoms with Crippen molar-refractivity contribution < 1.29 is 4.74 Å². The Balaban J connectivity index is 1.72. The van der Waals surface area contributed by atoms with E-state index < -0.39 is 0 Å². The molecule has 0 amide bonds. The molecule has 1 N–H and O–H groups in total. The van der Waals surface area contributed by atoms with Gasteiger partial charge in [0, 0.05) is 25.2 Å². The molecule has 0 bridgehead atoms. The van der Waals surface area contributed by atoms with Crippen LogP contribution in [0.15, 0.2) is 24.3 Å². The highest BCUT2D eigenvalue weighted by Crippen LogP contribution is 2.37. The van der Waals surface area contributed by atoms with Crippen LogP contribution in [-0.2, 0) is 6.54 Å². The summed E-state index contributed by atoms with van der Waals surface area (Å²) in [6, 6.07) is 8.31. The first kappa shape index (κ1) is 15.3. The molecule has 1 aromatic rings. The number of likely N-dealkylation sites (N-methyl/N-ethyl adjacent to an activating group) is 1. The Morgan fingerprint density at radius 1 is 1.35 bits per heavy atom. The van der Waals surface area contributed by atoms with E-state index in [2.05, 4.69) is 49.3 Å². The number of nitrogens with one attached hydrogen (secondary N) is 1. The van der Waals surface area contributed by atoms with Gasteiger partial charge in [0.1, 0.15) is 12.4 Å². The van der Waals surface area contributed by atoms with Crippen molar-refractivity contribution in [1.82, 2.24) is 10.2 Å². The highest BCUT2D eigenvalue weighted by Gasteiger charge is 2.32. The maximum absolute atomic E-state index is 5.95. The van der Waals surface area contributed by atoms with Crippen molar-refractivity contribution in [2.24, 2.45) is 11.8 Å². The van der Waals surface area contributed by atoms with E-state index in [9.17, 15) is 0 Å². The molecule has 2 unspecified atom stereocenters. The minimum atomic E-state index is 0.765. The lowest BCUT2D eigenvalue weighted by Crippen LogP contribution is -2.27. The third-order valence-corrected chi connectivity index (χ3v) is 4.09. The normalized spacial score (nSPS) is 21.2. The van der Waals surface area contributed by atoms with Gasteiger partial charge in [-0.1, -0.05) is 32.0 Å². The standard InChI is InChI=1S/C17H28N2O/c1-4-18-12-15-7-5-6-8-17(15)20-10-9-19(3)13-16-11-14(16)2/h5-8,14,16,18H,4,9-13H2,1-3H3. The van der Waals surface area contributed by atoms with Crippen LogP contribution in [0.5, 0.6) is 5.75 Å². The van der Waals surface area contributed by atoms with E-state index in [0.717, 1.165) is 43.8 Å². The highest BCUT2D eigenvalue weighted by atomic mass is 16.5. The van der Waals surface area contributed by atoms with Gasteiger partial charge in [-0.05, 0) is 37.9 Å². The van der Waals surface area contributed by atoms with Gasteiger partial charge in [0.05, 0.1) is 0 Å². The van der Waals surface area contributed by atoms with Gasteiger partial charge in [-0.2, -0.15) is 0 Å². The van der Waals surface area contributed by atoms with Crippen molar-refractivity contribution in [3.05, 3.63) is 29.8 Å². The average molecular weight is 276 g/mol. The highest BCUT2D eigenvalue weighted by molar-refractivity contribution is 5.33. The van der Waals surface area contributed by atoms with Crippen LogP contribution < -0.4 is 10.1 Å². The molecular formula is C17H28N2O. The summed E-state index contributed by atoms with van der Waals surface area (Å²) in [5.74, 6) is 2.86. The molecule has 3 heteroatoms. The number of hydrogen-bond donors (Lipinski definition) is 1. The Kier molecular flexibility index (Phi) is 5.86. The Bertz CT molecular complexity index is 408. The molecule has 0 spiro atoms. The molecule has 2 atom stereocenters. The minimum absolute atomic E-state index is 0.765. The molecule has 0 aromatic heterocycles. The second-order valence-electron chi connectivity index (χ2n) is 5.97. The zero-order valence-corrected chi connectivity index (χ0v) is 13.1. The summed E-state index contributed by atoms with van der Waals surface area (Å²) in [7, 11) is 2.19. The number of benzene rings is 1. The van der Waals surface area contributed by atoms with E-state index in [-0.39, 0.29) is 0 Å². The third-order valence-electron chi connectivity index (χ3n) is 4.09. The van der Waals surface area contributed by atoms with Gasteiger partial charge in [0.15, 0.2) is 0 Å². The second-order valence-corrected chi connectivity index (χ2v) is 5.97. The predicted molar refractivity (Wildman–Crippen MR) is 84.1 cm³/mol. The summed E-state index contributed by atoms with van der Waals surface area (Å²) in [4.78, 5) is 2.39. The van der Waals surface area contributed by atoms with Gasteiger partial charge in [-0.3, -0.25) is 0 Å². The lowest BCUT2D eigenvalue weighted by Gasteiger charge is -2.18. The molecule has 0 radical (unpaired) electrons. The first-order chi connectivity index (χ1) is 9.70. The molecule has 3 nitrogen and oxygen atoms in total. The first-order valence-corrected chi connectivity index (χ1v) is 7.80. The summed E-state index contributed by atoms with van der Waals surface area (Å²) >= 11 is 0. The maximum Gasteiger partial charge on any atom is 0.123 e. The van der Waals surface area contributed by atoms with Gasteiger partial charge in [0.25, 0.3) is 0 Å². The van der Waals surface area contributed by atoms with Crippen molar-refractivity contribution in [2.45, 2.75) is 26.8 Å². The fourth-order valence-electron chi connectivity index (χ4n) is 2.51. The molecule has 2 rings (SSSR count). The molecule has 1 aromatic carbocycles. The summed E-state index contributed by atoms with van der Waals surface area (Å²) in [6.45, 7) is 9.30. The van der Waals surface area contributed by atoms with Crippen molar-refractivity contribution >= 4 is 0 Å². The van der Waals surface area contributed by atoms with Crippen molar-refractivity contribution in [2.75, 3.05) is 33.3 Å². The van der Waals surface area contributed by atoms with E-state index in [1.54, 1.807) is 0 Å². The quantitative estimate of drug-likeness (QED) is 0.750. The predicted octanol–water partition coefficient (Wildman–Crippen LogP) is 2.76. The van der Waals surface area contributed by atoms with Gasteiger partial charge in [-0.15, -0.1) is 0 Å². The Labute approximate surface area is 123 Å². The molecule has 1 saturated carbocycles. The molecule has 0 heterocycles. The molecule has 20 heavy (non-hydrogen) atoms. The van der Waals surface area contributed by atoms with Crippen LogP contribution in [0.2, 0.25) is 0 Å². The molecule has 0 saturated heterocycles. The largest absolute Gasteiger partial charge is 0.492 e. The summed E-state index contributed by atoms with van der Waals surface area (Å²) in [5, 5.41) is 3.35. The van der Waals surface area contributed by atoms with E-state index >= 15 is 0 Å². The monoisotopic (exact) mass is 276 g/mol. The van der Waals surface area contributed by atoms with Crippen LogP contribution in [-0.4, -0.2) is 38.2 Å². The summed E-state index contributed by atoms with van der Waals surface area (Å²) in [6.07, 6.45) is 1.40. The molecule has 1 fully saturated rings. The fourth-order valence-corrected chi connectivity index (χ4v) is 2.51. The number of nitrogens with zero attached hydrogens (tertiary/aromatic N) is 1. The SMILES string of the molecule is CCNCc1ccccc1OCCN(C)CC1CC1C. The van der Waals surface area contributed by atoms with Crippen molar-refractivity contribution in [1.29, 1.82) is 0 Å². The van der Waals surface area contributed by atoms with Crippen molar-refractivity contribution in [3.63, 3.8) is 0 Å². The van der Waals surface area contributed by atoms with Crippen LogP contribution in [0.25, 0.3) is 0 Å². The zero-order chi connectivity index (χ0) is 14.4. The Morgan fingerprint density at radius 3 is 2.80 bits per heavy atom. The van der Waals surface area contributed by atoms with Crippen LogP contribution in [0.4, 0.5) is 0 Å². The number of hydrogen-bond acceptors (Lipinski definition) is 3. The van der Waals surface area contributed by atoms with Crippen LogP contribution in [0.3, 0.4) is 0 Å². The van der Waals surface area contributed by atoms with E-state index in [1.165, 1.54) is 18.5 Å². The Hall–Kier alpha value is -1.06. The molecule has 1 aliphatic carbocycles. The van der Waals surface area contributed by atoms with E-state index in [4.69, 9.17) is 4.74 Å². The summed E-state index contributed by atoms with van der Waals surface area (Å²) < 4.78 is 5.95. The van der Waals surface area contributed by atoms with Gasteiger partial charge >= 0.3 is 0 Å². The van der Waals surface area contributed by atoms with Crippen LogP contribution in [0.1, 0.15) is 25.8 Å². The van der Waals surface area contributed by atoms with Crippen molar-refractivity contribution in [3.8, 4) is 5.75 Å². The number of ether oxygens (including phenoxy) is 1. The Morgan fingerprint density at radius 2 is 2.10 bits per heavy atom. The van der Waals surface area contributed by atoms with Gasteiger partial charge in [0.2, 0.25) is 0 Å². The molecule has 1 aliphatic rings. The van der Waals surface area contributed by atoms with E-state index in [0.29, 0.717) is 0 Å². The number of para-hydroxylation sites is 1. The van der Waals surface area contributed by atoms with Crippen LogP contribution >= 0.6 is 0 Å². The molecule has 112 valence electrons. The number of rotatable bonds is 9. The minimum Gasteiger partial charge on any atom is -0.492 e. The first-order valence-electron chi connectivity index (χ1n) is 7.80. The van der Waals surface area contributed by atoms with E-state index in [1.807, 2.05) is 6.07 Å². The second kappa shape index (κ2) is 7.65. The lowest BCUT2D eigenvalue weighted by atomic mass is 10.2. The third kappa shape index (κ3) is 4.80. The summed E-state index contributed by atoms with van der Waals surface area (Å²) in [5.41, 5.74) is 1.24. The van der Waals surface area contributed by atoms with Gasteiger partial charge in [-0.25, -0.2) is 0 Å². The molecule has 0 aliphatic heterocycles.